The molecule has 0 spiro atoms. The molecule has 0 saturated carbocycles. The molecule has 2 rings (SSSR count). The lowest BCUT2D eigenvalue weighted by atomic mass is 10.1. The van der Waals surface area contributed by atoms with Crippen LogP contribution >= 0.6 is 0 Å². The van der Waals surface area contributed by atoms with Crippen molar-refractivity contribution in [3.05, 3.63) is 59.2 Å². The Morgan fingerprint density at radius 2 is 1.86 bits per heavy atom. The van der Waals surface area contributed by atoms with Gasteiger partial charge in [-0.15, -0.1) is 0 Å². The summed E-state index contributed by atoms with van der Waals surface area (Å²) in [7, 11) is 1.52. The largest absolute Gasteiger partial charge is 0.497 e. The van der Waals surface area contributed by atoms with Crippen molar-refractivity contribution in [3.63, 3.8) is 0 Å². The number of aliphatic hydroxyl groups is 1. The monoisotopic (exact) mass is 294 g/mol. The molecule has 0 bridgehead atoms. The number of aliphatic hydroxyl groups excluding tert-OH is 1. The number of benzene rings is 2. The van der Waals surface area contributed by atoms with Crippen LogP contribution in [0.4, 0.5) is 8.78 Å². The van der Waals surface area contributed by atoms with Gasteiger partial charge in [-0.25, -0.2) is 8.78 Å². The van der Waals surface area contributed by atoms with Crippen molar-refractivity contribution in [2.75, 3.05) is 7.11 Å². The molecule has 0 saturated heterocycles. The molecule has 0 fully saturated rings. The van der Waals surface area contributed by atoms with Crippen molar-refractivity contribution in [1.82, 2.24) is 0 Å². The minimum absolute atomic E-state index is 0.0596. The van der Waals surface area contributed by atoms with Crippen molar-refractivity contribution in [3.8, 4) is 11.5 Å². The fraction of sp³-hybridized carbons (Fsp3) is 0.250. The first kappa shape index (κ1) is 15.3. The van der Waals surface area contributed by atoms with Gasteiger partial charge < -0.3 is 14.6 Å². The standard InChI is InChI=1S/C16H16F2O3/c1-10(19)13-5-4-12(20-2)8-16(13)21-9-11-3-6-14(17)15(18)7-11/h3-8,10,19H,9H2,1-2H3/t10-/m1/s1. The fourth-order valence-electron chi connectivity index (χ4n) is 1.90. The summed E-state index contributed by atoms with van der Waals surface area (Å²) in [4.78, 5) is 0. The third kappa shape index (κ3) is 3.70. The summed E-state index contributed by atoms with van der Waals surface area (Å²) in [6.07, 6.45) is -0.712. The van der Waals surface area contributed by atoms with Crippen LogP contribution in [0.25, 0.3) is 0 Å². The zero-order valence-electron chi connectivity index (χ0n) is 11.8. The average molecular weight is 294 g/mol. The SMILES string of the molecule is COc1ccc([C@@H](C)O)c(OCc2ccc(F)c(F)c2)c1. The van der Waals surface area contributed by atoms with Gasteiger partial charge in [0.25, 0.3) is 0 Å². The number of ether oxygens (including phenoxy) is 2. The van der Waals surface area contributed by atoms with Crippen LogP contribution < -0.4 is 9.47 Å². The van der Waals surface area contributed by atoms with Gasteiger partial charge in [0.2, 0.25) is 0 Å². The van der Waals surface area contributed by atoms with Crippen LogP contribution in [0.5, 0.6) is 11.5 Å². The lowest BCUT2D eigenvalue weighted by molar-refractivity contribution is 0.189. The molecule has 112 valence electrons. The van der Waals surface area contributed by atoms with Crippen molar-refractivity contribution < 1.29 is 23.4 Å². The van der Waals surface area contributed by atoms with E-state index in [0.717, 1.165) is 12.1 Å². The molecule has 0 aliphatic rings. The molecule has 3 nitrogen and oxygen atoms in total. The predicted molar refractivity (Wildman–Crippen MR) is 74.3 cm³/mol. The molecular weight excluding hydrogens is 278 g/mol. The zero-order valence-corrected chi connectivity index (χ0v) is 11.8. The summed E-state index contributed by atoms with van der Waals surface area (Å²) in [5.41, 5.74) is 1.09. The lowest BCUT2D eigenvalue weighted by Gasteiger charge is -2.15. The normalized spacial score (nSPS) is 12.0. The van der Waals surface area contributed by atoms with E-state index in [1.54, 1.807) is 25.1 Å². The number of hydrogen-bond donors (Lipinski definition) is 1. The summed E-state index contributed by atoms with van der Waals surface area (Å²) in [6.45, 7) is 1.68. The van der Waals surface area contributed by atoms with Gasteiger partial charge in [0.05, 0.1) is 13.2 Å². The first-order chi connectivity index (χ1) is 10.0. The van der Waals surface area contributed by atoms with E-state index in [1.807, 2.05) is 0 Å². The summed E-state index contributed by atoms with van der Waals surface area (Å²) in [6, 6.07) is 8.63. The van der Waals surface area contributed by atoms with Crippen LogP contribution in [0.15, 0.2) is 36.4 Å². The molecule has 0 unspecified atom stereocenters. The molecular formula is C16H16F2O3. The van der Waals surface area contributed by atoms with E-state index in [-0.39, 0.29) is 6.61 Å². The quantitative estimate of drug-likeness (QED) is 0.915. The van der Waals surface area contributed by atoms with E-state index in [0.29, 0.717) is 22.6 Å². The van der Waals surface area contributed by atoms with Gasteiger partial charge in [0.15, 0.2) is 11.6 Å². The van der Waals surface area contributed by atoms with Gasteiger partial charge in [-0.2, -0.15) is 0 Å². The van der Waals surface area contributed by atoms with Crippen LogP contribution in [-0.4, -0.2) is 12.2 Å². The number of rotatable bonds is 5. The van der Waals surface area contributed by atoms with Crippen LogP contribution in [0.3, 0.4) is 0 Å². The summed E-state index contributed by atoms with van der Waals surface area (Å²) >= 11 is 0. The third-order valence-corrected chi connectivity index (χ3v) is 3.05. The smallest absolute Gasteiger partial charge is 0.159 e. The maximum atomic E-state index is 13.1. The summed E-state index contributed by atoms with van der Waals surface area (Å²) in [5.74, 6) is -0.795. The molecule has 5 heteroatoms. The van der Waals surface area contributed by atoms with Gasteiger partial charge in [0.1, 0.15) is 18.1 Å². The maximum absolute atomic E-state index is 13.1. The van der Waals surface area contributed by atoms with E-state index in [1.165, 1.54) is 13.2 Å². The summed E-state index contributed by atoms with van der Waals surface area (Å²) in [5, 5.41) is 9.72. The van der Waals surface area contributed by atoms with Gasteiger partial charge in [-0.05, 0) is 36.8 Å². The van der Waals surface area contributed by atoms with Crippen LogP contribution in [0.2, 0.25) is 0 Å². The Bertz CT molecular complexity index is 627. The highest BCUT2D eigenvalue weighted by molar-refractivity contribution is 5.42. The van der Waals surface area contributed by atoms with E-state index in [4.69, 9.17) is 9.47 Å². The Morgan fingerprint density at radius 1 is 1.10 bits per heavy atom. The molecule has 0 radical (unpaired) electrons. The molecule has 0 heterocycles. The molecule has 0 aromatic heterocycles. The zero-order chi connectivity index (χ0) is 15.4. The van der Waals surface area contributed by atoms with Gasteiger partial charge >= 0.3 is 0 Å². The Kier molecular flexibility index (Phi) is 4.75. The Balaban J connectivity index is 2.19. The molecule has 1 N–H and O–H groups in total. The van der Waals surface area contributed by atoms with Crippen LogP contribution in [0.1, 0.15) is 24.2 Å². The van der Waals surface area contributed by atoms with Gasteiger partial charge in [0, 0.05) is 11.6 Å². The third-order valence-electron chi connectivity index (χ3n) is 3.05. The van der Waals surface area contributed by atoms with E-state index < -0.39 is 17.7 Å². The van der Waals surface area contributed by atoms with E-state index in [2.05, 4.69) is 0 Å². The average Bonchev–Trinajstić information content (AvgIpc) is 2.48. The van der Waals surface area contributed by atoms with Gasteiger partial charge in [-0.1, -0.05) is 6.07 Å². The maximum Gasteiger partial charge on any atom is 0.159 e. The number of halogens is 2. The molecule has 2 aromatic rings. The topological polar surface area (TPSA) is 38.7 Å². The first-order valence-electron chi connectivity index (χ1n) is 6.44. The van der Waals surface area contributed by atoms with Crippen molar-refractivity contribution in [2.45, 2.75) is 19.6 Å². The molecule has 0 aliphatic heterocycles. The second kappa shape index (κ2) is 6.54. The fourth-order valence-corrected chi connectivity index (χ4v) is 1.90. The second-order valence-corrected chi connectivity index (χ2v) is 4.62. The Labute approximate surface area is 121 Å². The molecule has 0 amide bonds. The molecule has 0 aliphatic carbocycles. The number of methoxy groups -OCH3 is 1. The van der Waals surface area contributed by atoms with Crippen molar-refractivity contribution >= 4 is 0 Å². The van der Waals surface area contributed by atoms with Crippen molar-refractivity contribution in [1.29, 1.82) is 0 Å². The summed E-state index contributed by atoms with van der Waals surface area (Å²) < 4.78 is 36.7. The van der Waals surface area contributed by atoms with Crippen LogP contribution in [-0.2, 0) is 6.61 Å². The highest BCUT2D eigenvalue weighted by atomic mass is 19.2. The Morgan fingerprint density at radius 3 is 2.48 bits per heavy atom. The number of hydrogen-bond acceptors (Lipinski definition) is 3. The highest BCUT2D eigenvalue weighted by Gasteiger charge is 2.11. The van der Waals surface area contributed by atoms with E-state index in [9.17, 15) is 13.9 Å². The molecule has 1 atom stereocenters. The second-order valence-electron chi connectivity index (χ2n) is 4.62. The van der Waals surface area contributed by atoms with Gasteiger partial charge in [-0.3, -0.25) is 0 Å². The minimum atomic E-state index is -0.919. The lowest BCUT2D eigenvalue weighted by Crippen LogP contribution is -2.02. The van der Waals surface area contributed by atoms with Crippen LogP contribution in [0, 0.1) is 11.6 Å². The van der Waals surface area contributed by atoms with Crippen molar-refractivity contribution in [2.24, 2.45) is 0 Å². The van der Waals surface area contributed by atoms with E-state index >= 15 is 0 Å². The molecule has 21 heavy (non-hydrogen) atoms. The highest BCUT2D eigenvalue weighted by Crippen LogP contribution is 2.30. The minimum Gasteiger partial charge on any atom is -0.497 e. The molecule has 2 aromatic carbocycles. The first-order valence-corrected chi connectivity index (χ1v) is 6.44. The predicted octanol–water partition coefficient (Wildman–Crippen LogP) is 3.61. The Hall–Kier alpha value is -2.14.